The number of unbranched alkanes of at least 4 members (excludes halogenated alkanes) is 8. The summed E-state index contributed by atoms with van der Waals surface area (Å²) in [5.74, 6) is 0. The van der Waals surface area contributed by atoms with Gasteiger partial charge in [0.1, 0.15) is 0 Å². The van der Waals surface area contributed by atoms with E-state index in [1.165, 1.54) is 51.4 Å². The predicted octanol–water partition coefficient (Wildman–Crippen LogP) is 3.81. The number of hydrogen-bond acceptors (Lipinski definition) is 4. The summed E-state index contributed by atoms with van der Waals surface area (Å²) in [6.07, 6.45) is 11.8. The second-order valence-electron chi connectivity index (χ2n) is 4.11. The largest absolute Gasteiger partial charge is 0.745 e. The van der Waals surface area contributed by atoms with Gasteiger partial charge in [-0.3, -0.25) is 0 Å². The third-order valence-corrected chi connectivity index (χ3v) is 3.52. The van der Waals surface area contributed by atoms with Gasteiger partial charge in [-0.05, 0) is 6.42 Å². The molecule has 2 unspecified atom stereocenters. The SMILES string of the molecule is CCCCCCCCCCCO.O=[P+](O)O[P+](=O)O. The maximum absolute atomic E-state index is 9.39. The lowest BCUT2D eigenvalue weighted by Gasteiger charge is -1.99. The molecule has 0 saturated heterocycles. The first-order valence-electron chi connectivity index (χ1n) is 6.65. The monoisotopic (exact) mass is 316 g/mol. The molecule has 3 N–H and O–H groups in total. The second kappa shape index (κ2) is 18.0. The van der Waals surface area contributed by atoms with Gasteiger partial charge in [-0.15, -0.1) is 9.79 Å². The highest BCUT2D eigenvalue weighted by Gasteiger charge is 2.31. The summed E-state index contributed by atoms with van der Waals surface area (Å²) >= 11 is 0. The van der Waals surface area contributed by atoms with E-state index >= 15 is 0 Å². The Morgan fingerprint density at radius 1 is 0.789 bits per heavy atom. The normalized spacial score (nSPS) is 11.6. The zero-order valence-electron chi connectivity index (χ0n) is 11.5. The molecule has 2 atom stereocenters. The first-order chi connectivity index (χ1) is 9.04. The van der Waals surface area contributed by atoms with Gasteiger partial charge >= 0.3 is 16.5 Å². The average Bonchev–Trinajstić information content (AvgIpc) is 2.32. The van der Waals surface area contributed by atoms with E-state index in [4.69, 9.17) is 14.9 Å². The zero-order valence-corrected chi connectivity index (χ0v) is 13.3. The molecule has 0 amide bonds. The first-order valence-corrected chi connectivity index (χ1v) is 8.91. The van der Waals surface area contributed by atoms with Gasteiger partial charge in [0.05, 0.1) is 0 Å². The maximum atomic E-state index is 9.39. The first kappa shape index (κ1) is 21.3. The van der Waals surface area contributed by atoms with Gasteiger partial charge in [0.15, 0.2) is 4.31 Å². The fourth-order valence-electron chi connectivity index (χ4n) is 1.48. The van der Waals surface area contributed by atoms with Crippen LogP contribution >= 0.6 is 16.5 Å². The van der Waals surface area contributed by atoms with Gasteiger partial charge < -0.3 is 5.11 Å². The van der Waals surface area contributed by atoms with Crippen molar-refractivity contribution in [3.05, 3.63) is 0 Å². The van der Waals surface area contributed by atoms with Crippen molar-refractivity contribution in [2.75, 3.05) is 6.61 Å². The van der Waals surface area contributed by atoms with E-state index < -0.39 is 16.5 Å². The summed E-state index contributed by atoms with van der Waals surface area (Å²) in [5.41, 5.74) is 0. The molecule has 114 valence electrons. The molecule has 19 heavy (non-hydrogen) atoms. The Morgan fingerprint density at radius 2 is 1.16 bits per heavy atom. The molecule has 8 heteroatoms. The second-order valence-corrected chi connectivity index (χ2v) is 5.71. The van der Waals surface area contributed by atoms with Crippen molar-refractivity contribution in [2.24, 2.45) is 0 Å². The predicted molar refractivity (Wildman–Crippen MR) is 75.0 cm³/mol. The van der Waals surface area contributed by atoms with Crippen LogP contribution in [0, 0.1) is 0 Å². The standard InChI is InChI=1S/C11H24O.O5P2/c1-2-3-4-5-6-7-8-9-10-11-12;1-6(2)5-7(3)4/h12H,2-11H2,1H3;/p+2. The molecule has 0 aliphatic heterocycles. The van der Waals surface area contributed by atoms with Crippen LogP contribution in [0.5, 0.6) is 0 Å². The lowest BCUT2D eigenvalue weighted by atomic mass is 10.1. The third kappa shape index (κ3) is 27.3. The highest BCUT2D eigenvalue weighted by atomic mass is 31.2. The van der Waals surface area contributed by atoms with Gasteiger partial charge in [0.25, 0.3) is 0 Å². The van der Waals surface area contributed by atoms with E-state index in [2.05, 4.69) is 11.2 Å². The van der Waals surface area contributed by atoms with Crippen LogP contribution in [0.25, 0.3) is 0 Å². The summed E-state index contributed by atoms with van der Waals surface area (Å²) in [7, 11) is -5.85. The molecule has 0 fully saturated rings. The highest BCUT2D eigenvalue weighted by molar-refractivity contribution is 7.46. The Labute approximate surface area is 117 Å². The fraction of sp³-hybridized carbons (Fsp3) is 1.00. The number of aliphatic hydroxyl groups excluding tert-OH is 1. The Morgan fingerprint density at radius 3 is 1.42 bits per heavy atom. The summed E-state index contributed by atoms with van der Waals surface area (Å²) < 4.78 is 22.2. The number of aliphatic hydroxyl groups is 1. The number of rotatable bonds is 11. The molecule has 0 saturated carbocycles. The lowest BCUT2D eigenvalue weighted by Crippen LogP contribution is -1.84. The maximum Gasteiger partial charge on any atom is 0.745 e. The van der Waals surface area contributed by atoms with E-state index in [0.717, 1.165) is 6.42 Å². The van der Waals surface area contributed by atoms with Crippen LogP contribution in [0.15, 0.2) is 0 Å². The molecule has 6 nitrogen and oxygen atoms in total. The van der Waals surface area contributed by atoms with Crippen molar-refractivity contribution in [1.29, 1.82) is 0 Å². The quantitative estimate of drug-likeness (QED) is 0.395. The van der Waals surface area contributed by atoms with Crippen LogP contribution in [-0.2, 0) is 13.4 Å². The molecule has 0 spiro atoms. The minimum Gasteiger partial charge on any atom is -0.396 e. The molecule has 0 rings (SSSR count). The van der Waals surface area contributed by atoms with Crippen molar-refractivity contribution >= 4 is 16.5 Å². The van der Waals surface area contributed by atoms with E-state index in [1.54, 1.807) is 0 Å². The highest BCUT2D eigenvalue weighted by Crippen LogP contribution is 2.30. The minimum atomic E-state index is -2.92. The topological polar surface area (TPSA) is 104 Å². The molecule has 0 bridgehead atoms. The van der Waals surface area contributed by atoms with Crippen molar-refractivity contribution in [1.82, 2.24) is 0 Å². The Hall–Kier alpha value is 0.0400. The molecule has 0 aromatic carbocycles. The minimum absolute atomic E-state index is 0.371. The van der Waals surface area contributed by atoms with Gasteiger partial charge in [-0.25, -0.2) is 0 Å². The van der Waals surface area contributed by atoms with Crippen molar-refractivity contribution < 1.29 is 28.3 Å². The Bertz CT molecular complexity index is 203. The van der Waals surface area contributed by atoms with Crippen LogP contribution in [0.3, 0.4) is 0 Å². The van der Waals surface area contributed by atoms with E-state index in [-0.39, 0.29) is 0 Å². The summed E-state index contributed by atoms with van der Waals surface area (Å²) in [5, 5.41) is 8.54. The number of hydrogen-bond donors (Lipinski definition) is 3. The van der Waals surface area contributed by atoms with Gasteiger partial charge in [0.2, 0.25) is 0 Å². The fourth-order valence-corrected chi connectivity index (χ4v) is 1.96. The van der Waals surface area contributed by atoms with Crippen molar-refractivity contribution in [3.63, 3.8) is 0 Å². The molecular weight excluding hydrogens is 290 g/mol. The molecule has 0 aliphatic rings. The van der Waals surface area contributed by atoms with E-state index in [1.807, 2.05) is 0 Å². The summed E-state index contributed by atoms with van der Waals surface area (Å²) in [4.78, 5) is 15.3. The smallest absolute Gasteiger partial charge is 0.396 e. The van der Waals surface area contributed by atoms with E-state index in [0.29, 0.717) is 6.61 Å². The van der Waals surface area contributed by atoms with Gasteiger partial charge in [-0.1, -0.05) is 58.3 Å². The van der Waals surface area contributed by atoms with Crippen LogP contribution in [0.2, 0.25) is 0 Å². The van der Waals surface area contributed by atoms with Gasteiger partial charge in [-0.2, -0.15) is 0 Å². The molecule has 0 aromatic rings. The molecular formula is C11H26O6P2+2. The Balaban J connectivity index is 0. The summed E-state index contributed by atoms with van der Waals surface area (Å²) in [6.45, 7) is 2.62. The third-order valence-electron chi connectivity index (χ3n) is 2.40. The van der Waals surface area contributed by atoms with Crippen LogP contribution in [0.1, 0.15) is 64.7 Å². The molecule has 0 aromatic heterocycles. The molecule has 0 heterocycles. The van der Waals surface area contributed by atoms with Crippen molar-refractivity contribution in [3.8, 4) is 0 Å². The Kier molecular flexibility index (Phi) is 20.3. The van der Waals surface area contributed by atoms with Gasteiger partial charge in [0, 0.05) is 15.7 Å². The molecule has 0 aliphatic carbocycles. The van der Waals surface area contributed by atoms with Crippen LogP contribution in [-0.4, -0.2) is 21.5 Å². The lowest BCUT2D eigenvalue weighted by molar-refractivity contribution is 0.282. The van der Waals surface area contributed by atoms with Crippen molar-refractivity contribution in [2.45, 2.75) is 64.7 Å². The van der Waals surface area contributed by atoms with Crippen LogP contribution in [0.4, 0.5) is 0 Å². The summed E-state index contributed by atoms with van der Waals surface area (Å²) in [6, 6.07) is 0. The molecule has 0 radical (unpaired) electrons. The van der Waals surface area contributed by atoms with Crippen LogP contribution < -0.4 is 0 Å². The van der Waals surface area contributed by atoms with E-state index in [9.17, 15) is 9.13 Å². The average molecular weight is 316 g/mol. The zero-order chi connectivity index (χ0) is 14.9.